The maximum atomic E-state index is 10.1. The largest absolute Gasteiger partial charge is 0.488 e. The fourth-order valence-electron chi connectivity index (χ4n) is 2.76. The van der Waals surface area contributed by atoms with Crippen LogP contribution in [0.15, 0.2) is 18.2 Å². The lowest BCUT2D eigenvalue weighted by atomic mass is 10.1. The topological polar surface area (TPSA) is 41.5 Å². The summed E-state index contributed by atoms with van der Waals surface area (Å²) in [6, 6.07) is 5.81. The Morgan fingerprint density at radius 3 is 2.24 bits per heavy atom. The van der Waals surface area contributed by atoms with Crippen molar-refractivity contribution in [3.63, 3.8) is 0 Å². The van der Waals surface area contributed by atoms with Crippen molar-refractivity contribution in [2.75, 3.05) is 13.2 Å². The van der Waals surface area contributed by atoms with Crippen molar-refractivity contribution in [3.05, 3.63) is 28.2 Å². The molecule has 116 valence electrons. The van der Waals surface area contributed by atoms with E-state index < -0.39 is 6.10 Å². The van der Waals surface area contributed by atoms with E-state index in [1.54, 1.807) is 18.2 Å². The van der Waals surface area contributed by atoms with Crippen LogP contribution < -0.4 is 10.1 Å². The van der Waals surface area contributed by atoms with Crippen LogP contribution in [-0.4, -0.2) is 30.4 Å². The number of halogens is 2. The van der Waals surface area contributed by atoms with Crippen molar-refractivity contribution >= 4 is 23.2 Å². The smallest absolute Gasteiger partial charge is 0.156 e. The molecule has 2 fully saturated rings. The molecule has 2 aliphatic rings. The fourth-order valence-corrected chi connectivity index (χ4v) is 3.27. The van der Waals surface area contributed by atoms with Gasteiger partial charge in [0.25, 0.3) is 0 Å². The van der Waals surface area contributed by atoms with Gasteiger partial charge in [-0.25, -0.2) is 0 Å². The number of ether oxygens (including phenoxy) is 1. The molecule has 0 bridgehead atoms. The van der Waals surface area contributed by atoms with E-state index in [-0.39, 0.29) is 6.61 Å². The molecule has 0 spiro atoms. The van der Waals surface area contributed by atoms with Crippen molar-refractivity contribution in [3.8, 4) is 5.75 Å². The van der Waals surface area contributed by atoms with Gasteiger partial charge in [0.05, 0.1) is 10.0 Å². The first-order chi connectivity index (χ1) is 10.1. The fraction of sp³-hybridized carbons (Fsp3) is 0.625. The molecule has 5 heteroatoms. The molecule has 0 saturated heterocycles. The highest BCUT2D eigenvalue weighted by molar-refractivity contribution is 6.37. The lowest BCUT2D eigenvalue weighted by Gasteiger charge is -2.20. The maximum Gasteiger partial charge on any atom is 0.156 e. The van der Waals surface area contributed by atoms with E-state index in [0.29, 0.717) is 28.4 Å². The molecule has 1 unspecified atom stereocenters. The summed E-state index contributed by atoms with van der Waals surface area (Å²) in [5.41, 5.74) is 0. The third kappa shape index (κ3) is 4.26. The zero-order valence-corrected chi connectivity index (χ0v) is 13.4. The van der Waals surface area contributed by atoms with Crippen LogP contribution in [0.25, 0.3) is 0 Å². The molecular formula is C16H21Cl2NO2. The van der Waals surface area contributed by atoms with Crippen LogP contribution in [0.3, 0.4) is 0 Å². The van der Waals surface area contributed by atoms with Crippen molar-refractivity contribution < 1.29 is 9.84 Å². The number of benzene rings is 1. The minimum atomic E-state index is -0.558. The molecule has 1 aromatic carbocycles. The van der Waals surface area contributed by atoms with Gasteiger partial charge in [0.2, 0.25) is 0 Å². The molecule has 1 atom stereocenters. The summed E-state index contributed by atoms with van der Waals surface area (Å²) in [5, 5.41) is 14.5. The Labute approximate surface area is 135 Å². The van der Waals surface area contributed by atoms with E-state index >= 15 is 0 Å². The van der Waals surface area contributed by atoms with E-state index in [2.05, 4.69) is 5.32 Å². The van der Waals surface area contributed by atoms with Gasteiger partial charge < -0.3 is 15.2 Å². The predicted molar refractivity (Wildman–Crippen MR) is 85.2 cm³/mol. The second-order valence-electron chi connectivity index (χ2n) is 6.12. The van der Waals surface area contributed by atoms with Gasteiger partial charge in [-0.15, -0.1) is 0 Å². The Hall–Kier alpha value is -0.480. The van der Waals surface area contributed by atoms with Crippen LogP contribution >= 0.6 is 23.2 Å². The van der Waals surface area contributed by atoms with E-state index in [1.807, 2.05) is 0 Å². The van der Waals surface area contributed by atoms with Gasteiger partial charge in [-0.2, -0.15) is 0 Å². The molecular weight excluding hydrogens is 309 g/mol. The highest BCUT2D eigenvalue weighted by Crippen LogP contribution is 2.44. The first kappa shape index (κ1) is 15.4. The van der Waals surface area contributed by atoms with Gasteiger partial charge in [0, 0.05) is 12.6 Å². The summed E-state index contributed by atoms with van der Waals surface area (Å²) in [6.07, 6.45) is 4.76. The molecule has 2 aliphatic carbocycles. The Bertz CT molecular complexity index is 457. The van der Waals surface area contributed by atoms with Crippen LogP contribution in [0.2, 0.25) is 10.0 Å². The molecule has 0 amide bonds. The summed E-state index contributed by atoms with van der Waals surface area (Å²) in [4.78, 5) is 0. The standard InChI is InChI=1S/C16H21Cl2NO2/c17-13-2-1-3-14(18)16(13)21-9-12(20)8-19-15(10-4-5-10)11-6-7-11/h1-3,10-12,15,19-20H,4-9H2. The zero-order chi connectivity index (χ0) is 14.8. The molecule has 0 aromatic heterocycles. The van der Waals surface area contributed by atoms with Crippen LogP contribution in [0.5, 0.6) is 5.75 Å². The van der Waals surface area contributed by atoms with Crippen molar-refractivity contribution in [1.82, 2.24) is 5.32 Å². The number of aliphatic hydroxyl groups excluding tert-OH is 1. The Morgan fingerprint density at radius 2 is 1.71 bits per heavy atom. The summed E-state index contributed by atoms with van der Waals surface area (Å²) >= 11 is 12.1. The molecule has 0 heterocycles. The average Bonchev–Trinajstić information content (AvgIpc) is 3.32. The summed E-state index contributed by atoms with van der Waals surface area (Å²) in [5.74, 6) is 2.09. The average molecular weight is 330 g/mol. The van der Waals surface area contributed by atoms with Crippen LogP contribution in [0, 0.1) is 11.8 Å². The second kappa shape index (κ2) is 6.74. The van der Waals surface area contributed by atoms with Gasteiger partial charge in [-0.3, -0.25) is 0 Å². The number of para-hydroxylation sites is 1. The Kier molecular flexibility index (Phi) is 4.95. The van der Waals surface area contributed by atoms with Gasteiger partial charge in [0.1, 0.15) is 12.7 Å². The number of rotatable bonds is 8. The number of hydrogen-bond acceptors (Lipinski definition) is 3. The first-order valence-electron chi connectivity index (χ1n) is 7.63. The molecule has 0 radical (unpaired) electrons. The summed E-state index contributed by atoms with van der Waals surface area (Å²) in [6.45, 7) is 0.748. The molecule has 3 nitrogen and oxygen atoms in total. The van der Waals surface area contributed by atoms with E-state index in [9.17, 15) is 5.11 Å². The third-order valence-corrected chi connectivity index (χ3v) is 4.78. The highest BCUT2D eigenvalue weighted by Gasteiger charge is 2.41. The number of nitrogens with one attached hydrogen (secondary N) is 1. The Balaban J connectivity index is 1.44. The highest BCUT2D eigenvalue weighted by atomic mass is 35.5. The second-order valence-corrected chi connectivity index (χ2v) is 6.94. The first-order valence-corrected chi connectivity index (χ1v) is 8.39. The van der Waals surface area contributed by atoms with Crippen LogP contribution in [-0.2, 0) is 0 Å². The quantitative estimate of drug-likeness (QED) is 0.766. The third-order valence-electron chi connectivity index (χ3n) is 4.19. The predicted octanol–water partition coefficient (Wildman–Crippen LogP) is 3.51. The van der Waals surface area contributed by atoms with Crippen LogP contribution in [0.1, 0.15) is 25.7 Å². The maximum absolute atomic E-state index is 10.1. The van der Waals surface area contributed by atoms with Gasteiger partial charge in [-0.05, 0) is 49.7 Å². The van der Waals surface area contributed by atoms with Crippen LogP contribution in [0.4, 0.5) is 0 Å². The van der Waals surface area contributed by atoms with Crippen molar-refractivity contribution in [2.24, 2.45) is 11.8 Å². The molecule has 3 rings (SSSR count). The van der Waals surface area contributed by atoms with E-state index in [4.69, 9.17) is 27.9 Å². The number of aliphatic hydroxyl groups is 1. The zero-order valence-electron chi connectivity index (χ0n) is 11.9. The lowest BCUT2D eigenvalue weighted by molar-refractivity contribution is 0.102. The summed E-state index contributed by atoms with van der Waals surface area (Å²) < 4.78 is 5.56. The van der Waals surface area contributed by atoms with Crippen molar-refractivity contribution in [1.29, 1.82) is 0 Å². The molecule has 1 aromatic rings. The normalized spacial score (nSPS) is 19.8. The minimum absolute atomic E-state index is 0.193. The molecule has 2 saturated carbocycles. The van der Waals surface area contributed by atoms with Gasteiger partial charge in [0.15, 0.2) is 5.75 Å². The van der Waals surface area contributed by atoms with E-state index in [0.717, 1.165) is 11.8 Å². The molecule has 21 heavy (non-hydrogen) atoms. The number of hydrogen-bond donors (Lipinski definition) is 2. The minimum Gasteiger partial charge on any atom is -0.488 e. The van der Waals surface area contributed by atoms with Crippen molar-refractivity contribution in [2.45, 2.75) is 37.8 Å². The molecule has 2 N–H and O–H groups in total. The van der Waals surface area contributed by atoms with E-state index in [1.165, 1.54) is 25.7 Å². The summed E-state index contributed by atoms with van der Waals surface area (Å²) in [7, 11) is 0. The van der Waals surface area contributed by atoms with Gasteiger partial charge in [-0.1, -0.05) is 29.3 Å². The SMILES string of the molecule is OC(CNC(C1CC1)C1CC1)COc1c(Cl)cccc1Cl. The lowest BCUT2D eigenvalue weighted by Crippen LogP contribution is -2.40. The monoisotopic (exact) mass is 329 g/mol. The van der Waals surface area contributed by atoms with Gasteiger partial charge >= 0.3 is 0 Å². The molecule has 0 aliphatic heterocycles. The Morgan fingerprint density at radius 1 is 1.14 bits per heavy atom.